The molecule has 0 radical (unpaired) electrons. The molecule has 1 saturated heterocycles. The maximum Gasteiger partial charge on any atom is 0.259 e. The van der Waals surface area contributed by atoms with E-state index in [0.717, 1.165) is 16.7 Å². The highest BCUT2D eigenvalue weighted by atomic mass is 28.4. The number of carbonyl (C=O) groups excluding carboxylic acids is 4. The summed E-state index contributed by atoms with van der Waals surface area (Å²) in [5.74, 6) is -1.42. The number of hydrazine groups is 1. The molecule has 6 atom stereocenters. The number of hydrogen-bond donors (Lipinski definition) is 4. The first-order chi connectivity index (χ1) is 25.4. The van der Waals surface area contributed by atoms with Crippen molar-refractivity contribution in [3.05, 3.63) is 71.3 Å². The molecular formula is C42H63N5O6Si. The molecule has 0 spiro atoms. The van der Waals surface area contributed by atoms with Crippen molar-refractivity contribution in [3.63, 3.8) is 0 Å². The highest BCUT2D eigenvalue weighted by Gasteiger charge is 2.39. The minimum Gasteiger partial charge on any atom is -0.543 e. The lowest BCUT2D eigenvalue weighted by Crippen LogP contribution is -2.63. The van der Waals surface area contributed by atoms with Crippen LogP contribution in [0.1, 0.15) is 96.9 Å². The lowest BCUT2D eigenvalue weighted by Gasteiger charge is -2.37. The van der Waals surface area contributed by atoms with E-state index in [9.17, 15) is 19.2 Å². The van der Waals surface area contributed by atoms with Gasteiger partial charge in [0.2, 0.25) is 26.0 Å². The van der Waals surface area contributed by atoms with Gasteiger partial charge in [-0.1, -0.05) is 84.0 Å². The van der Waals surface area contributed by atoms with Gasteiger partial charge in [0.15, 0.2) is 0 Å². The lowest BCUT2D eigenvalue weighted by atomic mass is 9.96. The molecule has 4 N–H and O–H groups in total. The monoisotopic (exact) mass is 761 g/mol. The van der Waals surface area contributed by atoms with E-state index < -0.39 is 38.3 Å². The van der Waals surface area contributed by atoms with Gasteiger partial charge in [0.1, 0.15) is 23.9 Å². The Balaban J connectivity index is 1.68. The number of allylic oxidation sites excluding steroid dienone is 1. The summed E-state index contributed by atoms with van der Waals surface area (Å²) in [6.07, 6.45) is 6.32. The van der Waals surface area contributed by atoms with Crippen LogP contribution in [0.15, 0.2) is 54.6 Å². The van der Waals surface area contributed by atoms with Crippen LogP contribution in [0.25, 0.3) is 6.08 Å². The van der Waals surface area contributed by atoms with Crippen LogP contribution in [0.5, 0.6) is 5.75 Å². The van der Waals surface area contributed by atoms with Gasteiger partial charge >= 0.3 is 0 Å². The molecule has 296 valence electrons. The van der Waals surface area contributed by atoms with Crippen LogP contribution < -0.4 is 25.8 Å². The Kier molecular flexibility index (Phi) is 14.7. The molecule has 4 amide bonds. The molecule has 2 aromatic rings. The molecule has 54 heavy (non-hydrogen) atoms. The van der Waals surface area contributed by atoms with Gasteiger partial charge in [-0.05, 0) is 91.5 Å². The zero-order valence-electron chi connectivity index (χ0n) is 34.0. The molecule has 6 unspecified atom stereocenters. The lowest BCUT2D eigenvalue weighted by molar-refractivity contribution is -0.144. The van der Waals surface area contributed by atoms with Crippen molar-refractivity contribution in [3.8, 4) is 5.75 Å². The number of fused-ring (bicyclic) bond motifs is 4. The number of nitrogens with zero attached hydrogens (tertiary/aromatic N) is 1. The molecule has 0 aromatic heterocycles. The standard InChI is InChI=1S/C42H63N5O6Si/c1-27(2)37-40(50)44-35(26-31-18-14-20-33(25-31)53-54(9,10)42(5,6)7)41(51)47-23-15-21-34(46-47)39(49)43-29(4)32-19-13-17-30(24-32)16-11-12-22-36(52-8)28(3)38(48)45-37/h11,13-14,16-20,24-25,27-29,34-37,46H,12,15,21-23,26H2,1-10H3,(H,43,49)(H,44,50)(H,45,48). The van der Waals surface area contributed by atoms with Gasteiger partial charge in [0.05, 0.1) is 18.1 Å². The maximum absolute atomic E-state index is 14.4. The Hall–Kier alpha value is -4.00. The summed E-state index contributed by atoms with van der Waals surface area (Å²) in [4.78, 5) is 55.8. The van der Waals surface area contributed by atoms with Gasteiger partial charge < -0.3 is 25.1 Å². The Labute approximate surface area is 323 Å². The number of rotatable bonds is 6. The van der Waals surface area contributed by atoms with E-state index in [0.29, 0.717) is 38.0 Å². The summed E-state index contributed by atoms with van der Waals surface area (Å²) in [5.41, 5.74) is 5.94. The summed E-state index contributed by atoms with van der Waals surface area (Å²) in [5, 5.41) is 10.6. The molecule has 1 fully saturated rings. The molecule has 12 heteroatoms. The first-order valence-corrected chi connectivity index (χ1v) is 22.4. The molecule has 0 aliphatic carbocycles. The van der Waals surface area contributed by atoms with Crippen molar-refractivity contribution in [2.24, 2.45) is 11.8 Å². The largest absolute Gasteiger partial charge is 0.543 e. The van der Waals surface area contributed by atoms with Gasteiger partial charge in [-0.3, -0.25) is 24.2 Å². The number of methoxy groups -OCH3 is 1. The smallest absolute Gasteiger partial charge is 0.259 e. The number of hydrogen-bond acceptors (Lipinski definition) is 7. The summed E-state index contributed by atoms with van der Waals surface area (Å²) in [7, 11) is -0.556. The van der Waals surface area contributed by atoms with E-state index >= 15 is 0 Å². The van der Waals surface area contributed by atoms with Crippen LogP contribution >= 0.6 is 0 Å². The minimum absolute atomic E-state index is 0.0102. The molecule has 4 rings (SSSR count). The number of nitrogens with one attached hydrogen (secondary N) is 4. The molecule has 2 aliphatic heterocycles. The summed E-state index contributed by atoms with van der Waals surface area (Å²) in [6, 6.07) is 12.9. The van der Waals surface area contributed by atoms with E-state index in [4.69, 9.17) is 9.16 Å². The van der Waals surface area contributed by atoms with Crippen LogP contribution in [-0.2, 0) is 30.3 Å². The first kappa shape index (κ1) is 42.7. The topological polar surface area (TPSA) is 138 Å². The van der Waals surface area contributed by atoms with Gasteiger partial charge in [-0.2, -0.15) is 0 Å². The number of carbonyl (C=O) groups is 4. The van der Waals surface area contributed by atoms with Gasteiger partial charge in [-0.15, -0.1) is 0 Å². The number of benzene rings is 2. The number of ether oxygens (including phenoxy) is 1. The molecule has 11 nitrogen and oxygen atoms in total. The SMILES string of the molecule is COC1CCC=Cc2cccc(c2)C(C)NC(=O)C2CCCN(N2)C(=O)C(Cc2cccc(O[Si](C)(C)C(C)(C)C)c2)NC(=O)C(C(C)C)NC(=O)C1C. The fourth-order valence-electron chi connectivity index (χ4n) is 6.57. The van der Waals surface area contributed by atoms with Crippen molar-refractivity contribution in [1.29, 1.82) is 0 Å². The zero-order chi connectivity index (χ0) is 39.8. The van der Waals surface area contributed by atoms with Crippen molar-refractivity contribution < 1.29 is 28.3 Å². The third-order valence-electron chi connectivity index (χ3n) is 11.1. The fourth-order valence-corrected chi connectivity index (χ4v) is 7.60. The predicted octanol–water partition coefficient (Wildman–Crippen LogP) is 6.07. The van der Waals surface area contributed by atoms with E-state index in [1.54, 1.807) is 7.11 Å². The second-order valence-electron chi connectivity index (χ2n) is 16.8. The highest BCUT2D eigenvalue weighted by Crippen LogP contribution is 2.37. The summed E-state index contributed by atoms with van der Waals surface area (Å²) in [6.45, 7) is 18.8. The normalized spacial score (nSPS) is 25.6. The maximum atomic E-state index is 14.4. The third-order valence-corrected chi connectivity index (χ3v) is 15.5. The fraction of sp³-hybridized carbons (Fsp3) is 0.571. The second-order valence-corrected chi connectivity index (χ2v) is 21.5. The Morgan fingerprint density at radius 1 is 0.907 bits per heavy atom. The predicted molar refractivity (Wildman–Crippen MR) is 216 cm³/mol. The Bertz CT molecular complexity index is 1660. The quantitative estimate of drug-likeness (QED) is 0.263. The number of amides is 4. The molecule has 4 bridgehead atoms. The van der Waals surface area contributed by atoms with Gasteiger partial charge in [0.25, 0.3) is 5.91 Å². The third kappa shape index (κ3) is 11.3. The van der Waals surface area contributed by atoms with Crippen LogP contribution in [0, 0.1) is 11.8 Å². The van der Waals surface area contributed by atoms with Gasteiger partial charge in [-0.25, -0.2) is 5.43 Å². The minimum atomic E-state index is -2.15. The van der Waals surface area contributed by atoms with Gasteiger partial charge in [0, 0.05) is 20.1 Å². The molecule has 2 aliphatic rings. The van der Waals surface area contributed by atoms with Crippen LogP contribution in [0.2, 0.25) is 18.1 Å². The second kappa shape index (κ2) is 18.6. The van der Waals surface area contributed by atoms with E-state index in [2.05, 4.69) is 61.3 Å². The molecular weight excluding hydrogens is 699 g/mol. The van der Waals surface area contributed by atoms with Crippen LogP contribution in [-0.4, -0.2) is 74.8 Å². The zero-order valence-corrected chi connectivity index (χ0v) is 35.0. The van der Waals surface area contributed by atoms with E-state index in [1.807, 2.05) is 82.3 Å². The Morgan fingerprint density at radius 2 is 1.63 bits per heavy atom. The summed E-state index contributed by atoms with van der Waals surface area (Å²) < 4.78 is 12.3. The average Bonchev–Trinajstić information content (AvgIpc) is 3.12. The van der Waals surface area contributed by atoms with Crippen molar-refractivity contribution in [1.82, 2.24) is 26.4 Å². The molecule has 0 saturated carbocycles. The van der Waals surface area contributed by atoms with Crippen LogP contribution in [0.3, 0.4) is 0 Å². The average molecular weight is 762 g/mol. The van der Waals surface area contributed by atoms with E-state index in [1.165, 1.54) is 5.01 Å². The molecule has 2 heterocycles. The summed E-state index contributed by atoms with van der Waals surface area (Å²) >= 11 is 0. The highest BCUT2D eigenvalue weighted by molar-refractivity contribution is 6.74. The Morgan fingerprint density at radius 3 is 2.31 bits per heavy atom. The van der Waals surface area contributed by atoms with Crippen molar-refractivity contribution >= 4 is 38.0 Å². The van der Waals surface area contributed by atoms with Crippen molar-refractivity contribution in [2.45, 2.75) is 129 Å². The van der Waals surface area contributed by atoms with Crippen molar-refractivity contribution in [2.75, 3.05) is 13.7 Å². The molecule has 2 aromatic carbocycles. The first-order valence-electron chi connectivity index (χ1n) is 19.5. The van der Waals surface area contributed by atoms with E-state index in [-0.39, 0.29) is 47.2 Å². The van der Waals surface area contributed by atoms with Crippen LogP contribution in [0.4, 0.5) is 0 Å².